The summed E-state index contributed by atoms with van der Waals surface area (Å²) in [6.07, 6.45) is 6.04. The lowest BCUT2D eigenvalue weighted by Crippen LogP contribution is -2.33. The van der Waals surface area contributed by atoms with Crippen LogP contribution in [0.15, 0.2) is 18.7 Å². The first-order valence-electron chi connectivity index (χ1n) is 7.80. The molecule has 23 heavy (non-hydrogen) atoms. The molecule has 1 aromatic rings. The summed E-state index contributed by atoms with van der Waals surface area (Å²) in [5, 5.41) is 0. The Bertz CT molecular complexity index is 465. The first-order chi connectivity index (χ1) is 11.3. The van der Waals surface area contributed by atoms with Crippen LogP contribution in [0.2, 0.25) is 0 Å². The van der Waals surface area contributed by atoms with E-state index in [1.807, 2.05) is 18.7 Å². The van der Waals surface area contributed by atoms with E-state index < -0.39 is 6.16 Å². The van der Waals surface area contributed by atoms with Crippen molar-refractivity contribution in [3.63, 3.8) is 0 Å². The van der Waals surface area contributed by atoms with Crippen LogP contribution in [0.5, 0.6) is 0 Å². The second-order valence-electron chi connectivity index (χ2n) is 5.20. The molecule has 0 N–H and O–H groups in total. The van der Waals surface area contributed by atoms with Gasteiger partial charge in [0.15, 0.2) is 0 Å². The number of ether oxygens (including phenoxy) is 5. The highest BCUT2D eigenvalue weighted by Crippen LogP contribution is 2.09. The molecule has 0 bridgehead atoms. The predicted octanol–water partition coefficient (Wildman–Crippen LogP) is 0.381. The number of aromatic nitrogens is 2. The fraction of sp³-hybridized carbons (Fsp3) is 0.733. The van der Waals surface area contributed by atoms with Crippen LogP contribution in [-0.4, -0.2) is 63.6 Å². The molecule has 0 amide bonds. The Hall–Kier alpha value is -1.64. The maximum atomic E-state index is 10.8. The number of imidazole rings is 1. The number of aryl methyl sites for hydroxylation is 1. The monoisotopic (exact) mass is 329 g/mol. The van der Waals surface area contributed by atoms with Crippen molar-refractivity contribution in [1.29, 1.82) is 0 Å². The summed E-state index contributed by atoms with van der Waals surface area (Å²) in [5.74, 6) is 0. The van der Waals surface area contributed by atoms with Crippen LogP contribution in [0, 0.1) is 0 Å². The minimum Gasteiger partial charge on any atom is -0.430 e. The summed E-state index contributed by atoms with van der Waals surface area (Å²) in [5.41, 5.74) is 0. The molecule has 1 aliphatic rings. The van der Waals surface area contributed by atoms with Gasteiger partial charge in [-0.1, -0.05) is 0 Å². The molecule has 2 heterocycles. The Kier molecular flexibility index (Phi) is 7.85. The third-order valence-electron chi connectivity index (χ3n) is 3.40. The van der Waals surface area contributed by atoms with Gasteiger partial charge in [-0.05, 0) is 0 Å². The Morgan fingerprint density at radius 3 is 2.78 bits per heavy atom. The summed E-state index contributed by atoms with van der Waals surface area (Å²) < 4.78 is 29.6. The minimum absolute atomic E-state index is 0.139. The lowest BCUT2D eigenvalue weighted by Gasteiger charge is -2.04. The van der Waals surface area contributed by atoms with Gasteiger partial charge in [0.1, 0.15) is 31.6 Å². The molecule has 0 aromatic carbocycles. The highest BCUT2D eigenvalue weighted by molar-refractivity contribution is 5.61. The molecular formula is C15H25N2O6+. The Balaban J connectivity index is 1.51. The largest absolute Gasteiger partial charge is 0.508 e. The van der Waals surface area contributed by atoms with Gasteiger partial charge in [0.2, 0.25) is 6.33 Å². The van der Waals surface area contributed by atoms with Gasteiger partial charge < -0.3 is 23.7 Å². The number of hydrogen-bond donors (Lipinski definition) is 0. The van der Waals surface area contributed by atoms with Crippen LogP contribution in [0.3, 0.4) is 0 Å². The predicted molar refractivity (Wildman–Crippen MR) is 79.0 cm³/mol. The molecule has 8 heteroatoms. The number of nitrogens with zero attached hydrogens (tertiary/aromatic N) is 2. The van der Waals surface area contributed by atoms with Crippen LogP contribution < -0.4 is 4.57 Å². The van der Waals surface area contributed by atoms with E-state index in [2.05, 4.69) is 9.13 Å². The normalized spacial score (nSPS) is 17.3. The second-order valence-corrected chi connectivity index (χ2v) is 5.20. The van der Waals surface area contributed by atoms with Gasteiger partial charge in [0, 0.05) is 13.5 Å². The minimum atomic E-state index is -0.569. The van der Waals surface area contributed by atoms with Gasteiger partial charge in [-0.15, -0.1) is 0 Å². The van der Waals surface area contributed by atoms with E-state index in [0.717, 1.165) is 19.5 Å². The van der Waals surface area contributed by atoms with E-state index >= 15 is 0 Å². The summed E-state index contributed by atoms with van der Waals surface area (Å²) in [4.78, 5) is 10.8. The molecule has 0 aliphatic carbocycles. The lowest BCUT2D eigenvalue weighted by atomic mass is 10.3. The zero-order valence-corrected chi connectivity index (χ0v) is 13.5. The SMILES string of the molecule is COCCOCCOCCn1cc[n+](CCC2COC(=O)O2)c1. The van der Waals surface area contributed by atoms with E-state index in [-0.39, 0.29) is 6.10 Å². The molecule has 130 valence electrons. The first-order valence-corrected chi connectivity index (χ1v) is 7.80. The first kappa shape index (κ1) is 17.7. The number of carbonyl (C=O) groups excluding carboxylic acids is 1. The van der Waals surface area contributed by atoms with Crippen molar-refractivity contribution in [3.8, 4) is 0 Å². The molecule has 1 unspecified atom stereocenters. The summed E-state index contributed by atoms with van der Waals surface area (Å²) >= 11 is 0. The summed E-state index contributed by atoms with van der Waals surface area (Å²) in [6, 6.07) is 0. The second kappa shape index (κ2) is 10.2. The zero-order chi connectivity index (χ0) is 16.3. The van der Waals surface area contributed by atoms with Crippen LogP contribution in [0.1, 0.15) is 6.42 Å². The number of cyclic esters (lactones) is 2. The van der Waals surface area contributed by atoms with E-state index in [1.165, 1.54) is 0 Å². The van der Waals surface area contributed by atoms with E-state index in [0.29, 0.717) is 39.6 Å². The van der Waals surface area contributed by atoms with Crippen molar-refractivity contribution in [1.82, 2.24) is 4.57 Å². The van der Waals surface area contributed by atoms with E-state index in [4.69, 9.17) is 23.7 Å². The fourth-order valence-electron chi connectivity index (χ4n) is 2.14. The van der Waals surface area contributed by atoms with Crippen molar-refractivity contribution < 1.29 is 33.0 Å². The van der Waals surface area contributed by atoms with Crippen molar-refractivity contribution in [2.45, 2.75) is 25.6 Å². The summed E-state index contributed by atoms with van der Waals surface area (Å²) in [6.45, 7) is 4.91. The lowest BCUT2D eigenvalue weighted by molar-refractivity contribution is -0.697. The van der Waals surface area contributed by atoms with Gasteiger partial charge >= 0.3 is 6.16 Å². The molecule has 0 saturated carbocycles. The summed E-state index contributed by atoms with van der Waals surface area (Å²) in [7, 11) is 1.65. The van der Waals surface area contributed by atoms with Gasteiger partial charge in [-0.2, -0.15) is 0 Å². The molecule has 0 radical (unpaired) electrons. The van der Waals surface area contributed by atoms with Gasteiger partial charge in [-0.25, -0.2) is 13.9 Å². The molecule has 8 nitrogen and oxygen atoms in total. The zero-order valence-electron chi connectivity index (χ0n) is 13.5. The quantitative estimate of drug-likeness (QED) is 0.314. The molecular weight excluding hydrogens is 304 g/mol. The maximum absolute atomic E-state index is 10.8. The highest BCUT2D eigenvalue weighted by Gasteiger charge is 2.25. The Morgan fingerprint density at radius 1 is 1.26 bits per heavy atom. The Labute approximate surface area is 135 Å². The topological polar surface area (TPSA) is 72.0 Å². The molecule has 1 aromatic heterocycles. The number of hydrogen-bond acceptors (Lipinski definition) is 6. The number of rotatable bonds is 12. The van der Waals surface area contributed by atoms with Crippen molar-refractivity contribution in [2.24, 2.45) is 0 Å². The van der Waals surface area contributed by atoms with E-state index in [9.17, 15) is 4.79 Å². The molecule has 1 aliphatic heterocycles. The van der Waals surface area contributed by atoms with Crippen LogP contribution in [0.25, 0.3) is 0 Å². The molecule has 1 atom stereocenters. The highest BCUT2D eigenvalue weighted by atomic mass is 16.8. The van der Waals surface area contributed by atoms with Gasteiger partial charge in [-0.3, -0.25) is 0 Å². The van der Waals surface area contributed by atoms with Gasteiger partial charge in [0.25, 0.3) is 0 Å². The number of methoxy groups -OCH3 is 1. The third kappa shape index (κ3) is 6.98. The maximum Gasteiger partial charge on any atom is 0.508 e. The fourth-order valence-corrected chi connectivity index (χ4v) is 2.14. The van der Waals surface area contributed by atoms with Crippen LogP contribution in [-0.2, 0) is 36.8 Å². The average molecular weight is 329 g/mol. The van der Waals surface area contributed by atoms with Crippen molar-refractivity contribution >= 4 is 6.16 Å². The third-order valence-corrected chi connectivity index (χ3v) is 3.40. The standard InChI is InChI=1S/C15H25N2O6/c1-19-8-9-21-11-10-20-7-6-17-5-4-16(13-17)3-2-14-12-22-15(18)23-14/h4-5,13-14H,2-3,6-12H2,1H3/q+1. The molecule has 0 spiro atoms. The smallest absolute Gasteiger partial charge is 0.430 e. The van der Waals surface area contributed by atoms with Gasteiger partial charge in [0.05, 0.1) is 39.6 Å². The van der Waals surface area contributed by atoms with Crippen molar-refractivity contribution in [3.05, 3.63) is 18.7 Å². The molecule has 2 rings (SSSR count). The average Bonchev–Trinajstić information content (AvgIpc) is 3.17. The molecule has 1 fully saturated rings. The van der Waals surface area contributed by atoms with Crippen LogP contribution >= 0.6 is 0 Å². The Morgan fingerprint density at radius 2 is 2.04 bits per heavy atom. The van der Waals surface area contributed by atoms with Crippen molar-refractivity contribution in [2.75, 3.05) is 46.8 Å². The number of carbonyl (C=O) groups is 1. The van der Waals surface area contributed by atoms with Crippen LogP contribution in [0.4, 0.5) is 4.79 Å². The van der Waals surface area contributed by atoms with E-state index in [1.54, 1.807) is 7.11 Å². The molecule has 1 saturated heterocycles.